The van der Waals surface area contributed by atoms with E-state index in [0.29, 0.717) is 11.2 Å². The van der Waals surface area contributed by atoms with E-state index in [1.807, 2.05) is 6.92 Å². The Bertz CT molecular complexity index is 928. The number of carbonyl (C=O) groups is 1. The monoisotopic (exact) mass is 336 g/mol. The molecule has 2 rings (SSSR count). The molecule has 5 nitrogen and oxygen atoms in total. The Morgan fingerprint density at radius 2 is 2.18 bits per heavy atom. The predicted octanol–water partition coefficient (Wildman–Crippen LogP) is 1.97. The highest BCUT2D eigenvalue weighted by Crippen LogP contribution is 2.21. The Balaban J connectivity index is 2.69. The number of hydrogen-bond acceptors (Lipinski definition) is 4. The standard InChI is InChI=1S/C15H16N2O3S2/c1-4-6-14(18)16-15-17(9-5-2)12-8-7-11(22(3,19)20)10-13(12)21-15/h2,7-8,10H,4,6,9H2,1,3H3. The fourth-order valence-electron chi connectivity index (χ4n) is 1.99. The molecule has 0 bridgehead atoms. The zero-order valence-corrected chi connectivity index (χ0v) is 14.0. The van der Waals surface area contributed by atoms with Gasteiger partial charge in [0.15, 0.2) is 14.6 Å². The number of aromatic nitrogens is 1. The lowest BCUT2D eigenvalue weighted by atomic mass is 10.3. The van der Waals surface area contributed by atoms with Gasteiger partial charge in [-0.2, -0.15) is 4.99 Å². The molecule has 1 amide bonds. The van der Waals surface area contributed by atoms with Crippen LogP contribution in [0, 0.1) is 12.3 Å². The minimum absolute atomic E-state index is 0.205. The molecule has 22 heavy (non-hydrogen) atoms. The summed E-state index contributed by atoms with van der Waals surface area (Å²) in [7, 11) is -3.28. The molecule has 2 aromatic rings. The number of rotatable bonds is 4. The largest absolute Gasteiger partial charge is 0.305 e. The van der Waals surface area contributed by atoms with Crippen molar-refractivity contribution in [3.63, 3.8) is 0 Å². The molecule has 0 saturated heterocycles. The maximum absolute atomic E-state index is 11.8. The quantitative estimate of drug-likeness (QED) is 0.802. The average Bonchev–Trinajstić information content (AvgIpc) is 2.75. The normalized spacial score (nSPS) is 12.5. The SMILES string of the molecule is C#CCn1c(=NC(=O)CCC)sc2cc(S(C)(=O)=O)ccc21. The van der Waals surface area contributed by atoms with Gasteiger partial charge in [0.25, 0.3) is 0 Å². The highest BCUT2D eigenvalue weighted by molar-refractivity contribution is 7.90. The molecular weight excluding hydrogens is 320 g/mol. The van der Waals surface area contributed by atoms with E-state index in [9.17, 15) is 13.2 Å². The molecule has 7 heteroatoms. The van der Waals surface area contributed by atoms with Crippen LogP contribution in [0.5, 0.6) is 0 Å². The van der Waals surface area contributed by atoms with E-state index in [0.717, 1.165) is 22.9 Å². The minimum Gasteiger partial charge on any atom is -0.305 e. The third-order valence-corrected chi connectivity index (χ3v) is 5.17. The van der Waals surface area contributed by atoms with Gasteiger partial charge in [0, 0.05) is 12.7 Å². The van der Waals surface area contributed by atoms with Crippen LogP contribution in [0.2, 0.25) is 0 Å². The molecule has 0 radical (unpaired) electrons. The third-order valence-electron chi connectivity index (χ3n) is 3.02. The van der Waals surface area contributed by atoms with E-state index < -0.39 is 9.84 Å². The molecule has 1 heterocycles. The van der Waals surface area contributed by atoms with Crippen LogP contribution >= 0.6 is 11.3 Å². The van der Waals surface area contributed by atoms with Gasteiger partial charge in [-0.25, -0.2) is 8.42 Å². The lowest BCUT2D eigenvalue weighted by Gasteiger charge is -2.01. The van der Waals surface area contributed by atoms with Crippen molar-refractivity contribution >= 4 is 37.3 Å². The van der Waals surface area contributed by atoms with Crippen LogP contribution in [-0.2, 0) is 21.2 Å². The van der Waals surface area contributed by atoms with Crippen molar-refractivity contribution in [2.75, 3.05) is 6.26 Å². The predicted molar refractivity (Wildman–Crippen MR) is 87.2 cm³/mol. The van der Waals surface area contributed by atoms with Crippen LogP contribution < -0.4 is 4.80 Å². The summed E-state index contributed by atoms with van der Waals surface area (Å²) < 4.78 is 25.8. The van der Waals surface area contributed by atoms with E-state index in [2.05, 4.69) is 10.9 Å². The van der Waals surface area contributed by atoms with Gasteiger partial charge in [0.1, 0.15) is 0 Å². The smallest absolute Gasteiger partial charge is 0.248 e. The van der Waals surface area contributed by atoms with Gasteiger partial charge < -0.3 is 4.57 Å². The van der Waals surface area contributed by atoms with Crippen molar-refractivity contribution in [1.29, 1.82) is 0 Å². The minimum atomic E-state index is -3.28. The summed E-state index contributed by atoms with van der Waals surface area (Å²) in [6.07, 6.45) is 7.64. The van der Waals surface area contributed by atoms with Crippen LogP contribution in [0.3, 0.4) is 0 Å². The van der Waals surface area contributed by atoms with E-state index >= 15 is 0 Å². The molecule has 0 aliphatic heterocycles. The molecule has 1 aromatic carbocycles. The molecule has 116 valence electrons. The molecule has 0 spiro atoms. The Hall–Kier alpha value is -1.91. The summed E-state index contributed by atoms with van der Waals surface area (Å²) >= 11 is 1.26. The van der Waals surface area contributed by atoms with Crippen LogP contribution in [-0.4, -0.2) is 25.1 Å². The molecule has 0 fully saturated rings. The zero-order valence-electron chi connectivity index (χ0n) is 12.4. The van der Waals surface area contributed by atoms with Gasteiger partial charge in [0.2, 0.25) is 5.91 Å². The van der Waals surface area contributed by atoms with Crippen LogP contribution in [0.25, 0.3) is 10.2 Å². The summed E-state index contributed by atoms with van der Waals surface area (Å²) in [6, 6.07) is 4.82. The second-order valence-electron chi connectivity index (χ2n) is 4.83. The molecule has 0 atom stereocenters. The maximum atomic E-state index is 11.8. The highest BCUT2D eigenvalue weighted by atomic mass is 32.2. The van der Waals surface area contributed by atoms with Crippen LogP contribution in [0.15, 0.2) is 28.1 Å². The average molecular weight is 336 g/mol. The summed E-state index contributed by atoms with van der Waals surface area (Å²) in [6.45, 7) is 2.18. The first kappa shape index (κ1) is 16.5. The van der Waals surface area contributed by atoms with Gasteiger partial charge in [-0.05, 0) is 24.6 Å². The number of thiazole rings is 1. The first-order valence-corrected chi connectivity index (χ1v) is 9.42. The number of nitrogens with zero attached hydrogens (tertiary/aromatic N) is 2. The molecule has 0 saturated carbocycles. The number of sulfone groups is 1. The van der Waals surface area contributed by atoms with Crippen molar-refractivity contribution in [2.24, 2.45) is 4.99 Å². The van der Waals surface area contributed by atoms with E-state index in [1.165, 1.54) is 17.4 Å². The summed E-state index contributed by atoms with van der Waals surface area (Å²) in [4.78, 5) is 16.6. The summed E-state index contributed by atoms with van der Waals surface area (Å²) in [5, 5.41) is 0. The van der Waals surface area contributed by atoms with Crippen LogP contribution in [0.1, 0.15) is 19.8 Å². The zero-order chi connectivity index (χ0) is 16.3. The second-order valence-corrected chi connectivity index (χ2v) is 7.86. The molecule has 0 unspecified atom stereocenters. The van der Waals surface area contributed by atoms with Crippen molar-refractivity contribution < 1.29 is 13.2 Å². The number of terminal acetylenes is 1. The second kappa shape index (κ2) is 6.46. The van der Waals surface area contributed by atoms with Crippen molar-refractivity contribution in [1.82, 2.24) is 4.57 Å². The number of carbonyl (C=O) groups excluding carboxylic acids is 1. The van der Waals surface area contributed by atoms with E-state index in [4.69, 9.17) is 6.42 Å². The van der Waals surface area contributed by atoms with Crippen molar-refractivity contribution in [2.45, 2.75) is 31.2 Å². The molecule has 0 aliphatic carbocycles. The number of amides is 1. The summed E-state index contributed by atoms with van der Waals surface area (Å²) in [5.74, 6) is 2.33. The lowest BCUT2D eigenvalue weighted by molar-refractivity contribution is -0.118. The topological polar surface area (TPSA) is 68.5 Å². The van der Waals surface area contributed by atoms with Gasteiger partial charge in [-0.15, -0.1) is 6.42 Å². The molecular formula is C15H16N2O3S2. The van der Waals surface area contributed by atoms with Crippen molar-refractivity contribution in [3.8, 4) is 12.3 Å². The molecule has 0 N–H and O–H groups in total. The maximum Gasteiger partial charge on any atom is 0.248 e. The number of benzene rings is 1. The Labute approximate surface area is 133 Å². The van der Waals surface area contributed by atoms with Gasteiger partial charge in [-0.1, -0.05) is 24.2 Å². The molecule has 0 aliphatic rings. The first-order valence-electron chi connectivity index (χ1n) is 6.71. The van der Waals surface area contributed by atoms with Gasteiger partial charge in [-0.3, -0.25) is 4.79 Å². The summed E-state index contributed by atoms with van der Waals surface area (Å²) in [5.41, 5.74) is 0.776. The Kier molecular flexibility index (Phi) is 4.84. The lowest BCUT2D eigenvalue weighted by Crippen LogP contribution is -2.16. The van der Waals surface area contributed by atoms with E-state index in [-0.39, 0.29) is 17.3 Å². The number of hydrogen-bond donors (Lipinski definition) is 0. The van der Waals surface area contributed by atoms with Crippen molar-refractivity contribution in [3.05, 3.63) is 23.0 Å². The fourth-order valence-corrected chi connectivity index (χ4v) is 3.80. The fraction of sp³-hybridized carbons (Fsp3) is 0.333. The van der Waals surface area contributed by atoms with Gasteiger partial charge in [0.05, 0.1) is 21.7 Å². The van der Waals surface area contributed by atoms with Crippen LogP contribution in [0.4, 0.5) is 0 Å². The Morgan fingerprint density at radius 3 is 2.77 bits per heavy atom. The first-order chi connectivity index (χ1) is 10.4. The Morgan fingerprint density at radius 1 is 1.45 bits per heavy atom. The van der Waals surface area contributed by atoms with E-state index in [1.54, 1.807) is 16.7 Å². The highest BCUT2D eigenvalue weighted by Gasteiger charge is 2.12. The van der Waals surface area contributed by atoms with Gasteiger partial charge >= 0.3 is 0 Å². The number of fused-ring (bicyclic) bond motifs is 1. The third kappa shape index (κ3) is 3.46. The molecule has 1 aromatic heterocycles.